The number of imidazole rings is 1. The van der Waals surface area contributed by atoms with Crippen LogP contribution in [0.3, 0.4) is 0 Å². The van der Waals surface area contributed by atoms with E-state index in [4.69, 9.17) is 11.6 Å². The average molecular weight is 287 g/mol. The van der Waals surface area contributed by atoms with Crippen molar-refractivity contribution in [2.24, 2.45) is 0 Å². The number of benzene rings is 2. The molecule has 1 N–H and O–H groups in total. The fourth-order valence-electron chi connectivity index (χ4n) is 2.43. The molecule has 1 aromatic heterocycles. The second-order valence-corrected chi connectivity index (χ2v) is 5.18. The Morgan fingerprint density at radius 3 is 2.60 bits per heavy atom. The van der Waals surface area contributed by atoms with Gasteiger partial charge in [0.25, 0.3) is 0 Å². The molecule has 1 heterocycles. The Labute approximate surface area is 122 Å². The number of aromatic hydroxyl groups is 1. The van der Waals surface area contributed by atoms with E-state index in [9.17, 15) is 5.11 Å². The highest BCUT2D eigenvalue weighted by molar-refractivity contribution is 6.31. The molecular formula is C16H15ClN2O. The Kier molecular flexibility index (Phi) is 3.36. The molecular weight excluding hydrogens is 272 g/mol. The lowest BCUT2D eigenvalue weighted by atomic mass is 10.1. The van der Waals surface area contributed by atoms with E-state index in [1.54, 1.807) is 12.1 Å². The zero-order chi connectivity index (χ0) is 14.1. The molecule has 0 radical (unpaired) electrons. The molecule has 0 aliphatic heterocycles. The van der Waals surface area contributed by atoms with E-state index in [0.717, 1.165) is 40.4 Å². The number of halogens is 1. The van der Waals surface area contributed by atoms with Gasteiger partial charge in [0.1, 0.15) is 11.6 Å². The van der Waals surface area contributed by atoms with Gasteiger partial charge in [-0.05, 0) is 42.8 Å². The number of fused-ring (bicyclic) bond motifs is 1. The third-order valence-corrected chi connectivity index (χ3v) is 3.64. The predicted octanol–water partition coefficient (Wildman–Crippen LogP) is 4.01. The Bertz CT molecular complexity index is 747. The Morgan fingerprint density at radius 2 is 1.90 bits per heavy atom. The summed E-state index contributed by atoms with van der Waals surface area (Å²) in [5.74, 6) is 1.29. The maximum Gasteiger partial charge on any atom is 0.115 e. The van der Waals surface area contributed by atoms with Gasteiger partial charge in [0.2, 0.25) is 0 Å². The van der Waals surface area contributed by atoms with Crippen LogP contribution in [0.2, 0.25) is 5.02 Å². The van der Waals surface area contributed by atoms with Gasteiger partial charge >= 0.3 is 0 Å². The molecule has 0 aliphatic rings. The monoisotopic (exact) mass is 286 g/mol. The van der Waals surface area contributed by atoms with Gasteiger partial charge in [-0.25, -0.2) is 4.98 Å². The van der Waals surface area contributed by atoms with Crippen LogP contribution in [0.25, 0.3) is 11.0 Å². The predicted molar refractivity (Wildman–Crippen MR) is 81.3 cm³/mol. The third kappa shape index (κ3) is 2.37. The lowest BCUT2D eigenvalue weighted by molar-refractivity contribution is 0.475. The topological polar surface area (TPSA) is 38.0 Å². The summed E-state index contributed by atoms with van der Waals surface area (Å²) < 4.78 is 2.17. The summed E-state index contributed by atoms with van der Waals surface area (Å²) in [4.78, 5) is 4.68. The maximum absolute atomic E-state index is 9.33. The van der Waals surface area contributed by atoms with Gasteiger partial charge in [-0.1, -0.05) is 23.7 Å². The van der Waals surface area contributed by atoms with Gasteiger partial charge in [0.05, 0.1) is 11.0 Å². The summed E-state index contributed by atoms with van der Waals surface area (Å²) in [7, 11) is 0. The van der Waals surface area contributed by atoms with Crippen LogP contribution in [0, 0.1) is 0 Å². The first-order valence-electron chi connectivity index (χ1n) is 6.60. The van der Waals surface area contributed by atoms with Crippen LogP contribution in [0.4, 0.5) is 0 Å². The van der Waals surface area contributed by atoms with E-state index in [1.165, 1.54) is 0 Å². The number of nitrogens with zero attached hydrogens (tertiary/aromatic N) is 2. The highest BCUT2D eigenvalue weighted by Crippen LogP contribution is 2.22. The number of phenolic OH excluding ortho intramolecular Hbond substituents is 1. The normalized spacial score (nSPS) is 11.1. The van der Waals surface area contributed by atoms with E-state index in [0.29, 0.717) is 0 Å². The van der Waals surface area contributed by atoms with Crippen molar-refractivity contribution in [3.05, 3.63) is 58.9 Å². The van der Waals surface area contributed by atoms with Crippen molar-refractivity contribution in [3.63, 3.8) is 0 Å². The zero-order valence-electron chi connectivity index (χ0n) is 11.2. The summed E-state index contributed by atoms with van der Waals surface area (Å²) in [6, 6.07) is 13.0. The first-order chi connectivity index (χ1) is 9.67. The third-order valence-electron chi connectivity index (χ3n) is 3.40. The molecule has 0 atom stereocenters. The molecule has 2 aromatic carbocycles. The van der Waals surface area contributed by atoms with Crippen LogP contribution in [-0.4, -0.2) is 14.7 Å². The molecule has 3 aromatic rings. The Hall–Kier alpha value is -2.00. The number of phenols is 1. The molecule has 0 saturated carbocycles. The highest BCUT2D eigenvalue weighted by atomic mass is 35.5. The van der Waals surface area contributed by atoms with E-state index in [1.807, 2.05) is 30.3 Å². The quantitative estimate of drug-likeness (QED) is 0.790. The molecule has 0 amide bonds. The lowest BCUT2D eigenvalue weighted by Crippen LogP contribution is -2.02. The average Bonchev–Trinajstić information content (AvgIpc) is 2.78. The smallest absolute Gasteiger partial charge is 0.115 e. The molecule has 102 valence electrons. The summed E-state index contributed by atoms with van der Waals surface area (Å²) in [5.41, 5.74) is 3.15. The van der Waals surface area contributed by atoms with Gasteiger partial charge in [-0.15, -0.1) is 0 Å². The van der Waals surface area contributed by atoms with Crippen molar-refractivity contribution in [2.75, 3.05) is 0 Å². The van der Waals surface area contributed by atoms with Crippen LogP contribution < -0.4 is 0 Å². The minimum atomic E-state index is 0.282. The Balaban J connectivity index is 2.04. The standard InChI is InChI=1S/C16H15ClN2O/c1-2-19-15-10-12(17)5-8-14(15)18-16(19)9-11-3-6-13(20)7-4-11/h3-8,10,20H,2,9H2,1H3. The second-order valence-electron chi connectivity index (χ2n) is 4.75. The number of rotatable bonds is 3. The molecule has 0 unspecified atom stereocenters. The molecule has 0 fully saturated rings. The molecule has 3 nitrogen and oxygen atoms in total. The number of hydrogen-bond acceptors (Lipinski definition) is 2. The van der Waals surface area contributed by atoms with E-state index in [-0.39, 0.29) is 5.75 Å². The maximum atomic E-state index is 9.33. The number of aryl methyl sites for hydroxylation is 1. The molecule has 0 aliphatic carbocycles. The van der Waals surface area contributed by atoms with Gasteiger partial charge < -0.3 is 9.67 Å². The molecule has 0 bridgehead atoms. The number of aromatic nitrogens is 2. The van der Waals surface area contributed by atoms with Crippen molar-refractivity contribution in [1.29, 1.82) is 0 Å². The highest BCUT2D eigenvalue weighted by Gasteiger charge is 2.10. The molecule has 0 saturated heterocycles. The summed E-state index contributed by atoms with van der Waals surface area (Å²) >= 11 is 6.07. The van der Waals surface area contributed by atoms with Crippen LogP contribution >= 0.6 is 11.6 Å². The van der Waals surface area contributed by atoms with Crippen LogP contribution in [0.5, 0.6) is 5.75 Å². The van der Waals surface area contributed by atoms with Gasteiger partial charge in [-0.3, -0.25) is 0 Å². The Morgan fingerprint density at radius 1 is 1.15 bits per heavy atom. The molecule has 20 heavy (non-hydrogen) atoms. The summed E-state index contributed by atoms with van der Waals surface area (Å²) in [6.07, 6.45) is 0.737. The minimum Gasteiger partial charge on any atom is -0.508 e. The SMILES string of the molecule is CCn1c(Cc2ccc(O)cc2)nc2ccc(Cl)cc21. The summed E-state index contributed by atoms with van der Waals surface area (Å²) in [5, 5.41) is 10.1. The fourth-order valence-corrected chi connectivity index (χ4v) is 2.60. The minimum absolute atomic E-state index is 0.282. The van der Waals surface area contributed by atoms with E-state index >= 15 is 0 Å². The number of hydrogen-bond donors (Lipinski definition) is 1. The van der Waals surface area contributed by atoms with Gasteiger partial charge in [0.15, 0.2) is 0 Å². The summed E-state index contributed by atoms with van der Waals surface area (Å²) in [6.45, 7) is 2.95. The van der Waals surface area contributed by atoms with Crippen LogP contribution in [0.15, 0.2) is 42.5 Å². The van der Waals surface area contributed by atoms with E-state index in [2.05, 4.69) is 16.5 Å². The first-order valence-corrected chi connectivity index (χ1v) is 6.97. The van der Waals surface area contributed by atoms with E-state index < -0.39 is 0 Å². The van der Waals surface area contributed by atoms with Crippen LogP contribution in [0.1, 0.15) is 18.3 Å². The van der Waals surface area contributed by atoms with Crippen molar-refractivity contribution in [3.8, 4) is 5.75 Å². The van der Waals surface area contributed by atoms with Crippen molar-refractivity contribution in [1.82, 2.24) is 9.55 Å². The van der Waals surface area contributed by atoms with Gasteiger partial charge in [0, 0.05) is 18.0 Å². The van der Waals surface area contributed by atoms with Crippen LogP contribution in [-0.2, 0) is 13.0 Å². The first kappa shape index (κ1) is 13.0. The van der Waals surface area contributed by atoms with Crippen molar-refractivity contribution < 1.29 is 5.11 Å². The van der Waals surface area contributed by atoms with Gasteiger partial charge in [-0.2, -0.15) is 0 Å². The molecule has 0 spiro atoms. The van der Waals surface area contributed by atoms with Crippen molar-refractivity contribution in [2.45, 2.75) is 19.9 Å². The second kappa shape index (κ2) is 5.17. The van der Waals surface area contributed by atoms with Crippen molar-refractivity contribution >= 4 is 22.6 Å². The lowest BCUT2D eigenvalue weighted by Gasteiger charge is -2.06. The largest absolute Gasteiger partial charge is 0.508 e. The molecule has 3 rings (SSSR count). The molecule has 4 heteroatoms. The zero-order valence-corrected chi connectivity index (χ0v) is 11.9. The fraction of sp³-hybridized carbons (Fsp3) is 0.188.